The molecule has 0 bridgehead atoms. The third-order valence-corrected chi connectivity index (χ3v) is 5.24. The minimum atomic E-state index is -1.71. The Hall–Kier alpha value is -2.87. The number of halogens is 1. The summed E-state index contributed by atoms with van der Waals surface area (Å²) in [5, 5.41) is 14.3. The van der Waals surface area contributed by atoms with Gasteiger partial charge in [-0.2, -0.15) is 4.98 Å². The fourth-order valence-electron chi connectivity index (χ4n) is 3.55. The van der Waals surface area contributed by atoms with Crippen LogP contribution in [0.25, 0.3) is 11.5 Å². The molecular weight excluding hydrogens is 376 g/mol. The van der Waals surface area contributed by atoms with Crippen LogP contribution in [0.2, 0.25) is 5.02 Å². The molecule has 140 valence electrons. The van der Waals surface area contributed by atoms with Gasteiger partial charge in [-0.25, -0.2) is 0 Å². The van der Waals surface area contributed by atoms with Gasteiger partial charge in [-0.15, -0.1) is 0 Å². The van der Waals surface area contributed by atoms with Gasteiger partial charge in [-0.05, 0) is 13.0 Å². The molecule has 4 rings (SSSR count). The van der Waals surface area contributed by atoms with E-state index in [-0.39, 0.29) is 40.2 Å². The second-order valence-corrected chi connectivity index (χ2v) is 6.94. The number of benzene rings is 1. The summed E-state index contributed by atoms with van der Waals surface area (Å²) in [6, 6.07) is 1.51. The quantitative estimate of drug-likeness (QED) is 0.832. The molecule has 0 amide bonds. The highest BCUT2D eigenvalue weighted by Crippen LogP contribution is 2.53. The molecule has 0 saturated heterocycles. The van der Waals surface area contributed by atoms with E-state index < -0.39 is 23.1 Å². The van der Waals surface area contributed by atoms with Crippen LogP contribution in [0.1, 0.15) is 29.5 Å². The van der Waals surface area contributed by atoms with Crippen LogP contribution in [0.3, 0.4) is 0 Å². The van der Waals surface area contributed by atoms with Crippen LogP contribution in [0.5, 0.6) is 11.5 Å². The van der Waals surface area contributed by atoms with E-state index in [1.165, 1.54) is 13.2 Å². The van der Waals surface area contributed by atoms with Gasteiger partial charge < -0.3 is 19.1 Å². The molecule has 0 fully saturated rings. The van der Waals surface area contributed by atoms with Crippen molar-refractivity contribution in [3.63, 3.8) is 0 Å². The Kier molecular flexibility index (Phi) is 3.78. The van der Waals surface area contributed by atoms with Crippen molar-refractivity contribution in [3.8, 4) is 23.0 Å². The highest BCUT2D eigenvalue weighted by atomic mass is 35.5. The largest absolute Gasteiger partial charge is 0.507 e. The van der Waals surface area contributed by atoms with Crippen molar-refractivity contribution < 1.29 is 28.7 Å². The van der Waals surface area contributed by atoms with Crippen LogP contribution in [0.15, 0.2) is 22.4 Å². The standard InChI is InChI=1S/C18H15ClN2O6/c1-7-4-9(22)5-12(23)18(7)16(24)13-11(25-3)6-10(14(19)15(13)26-18)17-20-8(2)21-27-17/h5-7,23H,4H2,1-3H3/t7-,18+/m1/s1. The van der Waals surface area contributed by atoms with Gasteiger partial charge in [0.15, 0.2) is 17.4 Å². The summed E-state index contributed by atoms with van der Waals surface area (Å²) in [5.41, 5.74) is -1.28. The zero-order valence-electron chi connectivity index (χ0n) is 14.7. The van der Waals surface area contributed by atoms with Crippen LogP contribution in [0.4, 0.5) is 0 Å². The Morgan fingerprint density at radius 1 is 1.41 bits per heavy atom. The van der Waals surface area contributed by atoms with E-state index in [0.717, 1.165) is 6.08 Å². The minimum Gasteiger partial charge on any atom is -0.507 e. The molecule has 1 N–H and O–H groups in total. The number of aliphatic hydroxyl groups excluding tert-OH is 1. The number of ether oxygens (including phenoxy) is 2. The summed E-state index contributed by atoms with van der Waals surface area (Å²) < 4.78 is 16.5. The number of hydrogen-bond acceptors (Lipinski definition) is 8. The predicted molar refractivity (Wildman–Crippen MR) is 93.2 cm³/mol. The van der Waals surface area contributed by atoms with E-state index in [0.29, 0.717) is 11.4 Å². The lowest BCUT2D eigenvalue weighted by atomic mass is 9.75. The van der Waals surface area contributed by atoms with Gasteiger partial charge in [0.2, 0.25) is 11.4 Å². The van der Waals surface area contributed by atoms with Crippen molar-refractivity contribution in [2.45, 2.75) is 25.9 Å². The molecule has 8 nitrogen and oxygen atoms in total. The second kappa shape index (κ2) is 5.82. The maximum atomic E-state index is 13.3. The molecule has 2 aromatic rings. The molecule has 1 aromatic carbocycles. The van der Waals surface area contributed by atoms with E-state index in [9.17, 15) is 14.7 Å². The third-order valence-electron chi connectivity index (χ3n) is 4.87. The molecule has 27 heavy (non-hydrogen) atoms. The first-order valence-corrected chi connectivity index (χ1v) is 8.56. The molecule has 0 unspecified atom stereocenters. The van der Waals surface area contributed by atoms with Gasteiger partial charge in [0.25, 0.3) is 5.89 Å². The van der Waals surface area contributed by atoms with Gasteiger partial charge in [-0.1, -0.05) is 23.7 Å². The predicted octanol–water partition coefficient (Wildman–Crippen LogP) is 3.07. The summed E-state index contributed by atoms with van der Waals surface area (Å²) in [6.07, 6.45) is 1.08. The lowest BCUT2D eigenvalue weighted by molar-refractivity contribution is -0.118. The number of carbonyl (C=O) groups excluding carboxylic acids is 2. The lowest BCUT2D eigenvalue weighted by Gasteiger charge is -2.34. The summed E-state index contributed by atoms with van der Waals surface area (Å²) in [5.74, 6) is -1.04. The molecule has 9 heteroatoms. The van der Waals surface area contributed by atoms with Crippen LogP contribution >= 0.6 is 11.6 Å². The second-order valence-electron chi connectivity index (χ2n) is 6.56. The zero-order valence-corrected chi connectivity index (χ0v) is 15.5. The molecule has 0 saturated carbocycles. The van der Waals surface area contributed by atoms with E-state index in [1.807, 2.05) is 0 Å². The van der Waals surface area contributed by atoms with Crippen molar-refractivity contribution in [2.75, 3.05) is 7.11 Å². The number of carbonyl (C=O) groups is 2. The molecule has 2 atom stereocenters. The Balaban J connectivity index is 1.95. The van der Waals surface area contributed by atoms with Crippen LogP contribution in [0, 0.1) is 12.8 Å². The van der Waals surface area contributed by atoms with E-state index in [1.54, 1.807) is 13.8 Å². The van der Waals surface area contributed by atoms with E-state index >= 15 is 0 Å². The monoisotopic (exact) mass is 390 g/mol. The summed E-state index contributed by atoms with van der Waals surface area (Å²) in [7, 11) is 1.40. The number of ketones is 2. The maximum absolute atomic E-state index is 13.3. The number of Topliss-reactive ketones (excluding diaryl/α,β-unsaturated/α-hetero) is 1. The number of nitrogens with zero attached hydrogens (tertiary/aromatic N) is 2. The van der Waals surface area contributed by atoms with E-state index in [4.69, 9.17) is 25.6 Å². The van der Waals surface area contributed by atoms with Crippen LogP contribution in [-0.4, -0.2) is 39.5 Å². The van der Waals surface area contributed by atoms with Crippen molar-refractivity contribution >= 4 is 23.2 Å². The summed E-state index contributed by atoms with van der Waals surface area (Å²) >= 11 is 6.49. The number of methoxy groups -OCH3 is 1. The molecule has 0 radical (unpaired) electrons. The smallest absolute Gasteiger partial charge is 0.259 e. The van der Waals surface area contributed by atoms with Crippen molar-refractivity contribution in [1.29, 1.82) is 0 Å². The van der Waals surface area contributed by atoms with Crippen molar-refractivity contribution in [1.82, 2.24) is 10.1 Å². The first-order valence-electron chi connectivity index (χ1n) is 8.18. The number of hydrogen-bond donors (Lipinski definition) is 1. The highest BCUT2D eigenvalue weighted by molar-refractivity contribution is 6.36. The normalized spacial score (nSPS) is 24.0. The highest BCUT2D eigenvalue weighted by Gasteiger charge is 2.59. The number of aliphatic hydroxyl groups is 1. The first-order chi connectivity index (χ1) is 12.8. The molecule has 1 aliphatic heterocycles. The molecule has 2 heterocycles. The molecule has 2 aliphatic rings. The van der Waals surface area contributed by atoms with E-state index in [2.05, 4.69) is 10.1 Å². The number of rotatable bonds is 2. The van der Waals surface area contributed by atoms with Crippen LogP contribution < -0.4 is 9.47 Å². The number of aromatic nitrogens is 2. The zero-order chi connectivity index (χ0) is 19.5. The van der Waals surface area contributed by atoms with Gasteiger partial charge in [0.05, 0.1) is 17.7 Å². The van der Waals surface area contributed by atoms with Crippen LogP contribution in [-0.2, 0) is 4.79 Å². The average molecular weight is 391 g/mol. The SMILES string of the molecule is COc1cc(-c2nc(C)no2)c(Cl)c2c1C(=O)[C@@]1(O2)C(O)=CC(=O)C[C@H]1C. The Morgan fingerprint density at radius 3 is 2.74 bits per heavy atom. The Bertz CT molecular complexity index is 1030. The van der Waals surface area contributed by atoms with Gasteiger partial charge in [-0.3, -0.25) is 9.59 Å². The fraction of sp³-hybridized carbons (Fsp3) is 0.333. The Morgan fingerprint density at radius 2 is 2.15 bits per heavy atom. The number of fused-ring (bicyclic) bond motifs is 1. The maximum Gasteiger partial charge on any atom is 0.259 e. The third kappa shape index (κ3) is 2.29. The van der Waals surface area contributed by atoms with Gasteiger partial charge in [0, 0.05) is 18.4 Å². The first kappa shape index (κ1) is 17.5. The lowest BCUT2D eigenvalue weighted by Crippen LogP contribution is -2.51. The molecule has 1 spiro atoms. The fourth-order valence-corrected chi connectivity index (χ4v) is 3.82. The summed E-state index contributed by atoms with van der Waals surface area (Å²) in [6.45, 7) is 3.32. The summed E-state index contributed by atoms with van der Waals surface area (Å²) in [4.78, 5) is 29.2. The van der Waals surface area contributed by atoms with Gasteiger partial charge >= 0.3 is 0 Å². The molecule has 1 aromatic heterocycles. The number of aryl methyl sites for hydroxylation is 1. The Labute approximate surface area is 158 Å². The van der Waals surface area contributed by atoms with Gasteiger partial charge in [0.1, 0.15) is 17.1 Å². The average Bonchev–Trinajstić information content (AvgIpc) is 3.17. The topological polar surface area (TPSA) is 112 Å². The number of allylic oxidation sites excluding steroid dienone is 1. The molecule has 1 aliphatic carbocycles. The molecular formula is C18H15ClN2O6. The van der Waals surface area contributed by atoms with Crippen molar-refractivity contribution in [2.24, 2.45) is 5.92 Å². The minimum absolute atomic E-state index is 0.0491. The van der Waals surface area contributed by atoms with Crippen molar-refractivity contribution in [3.05, 3.63) is 34.3 Å².